The van der Waals surface area contributed by atoms with Crippen LogP contribution in [0.3, 0.4) is 0 Å². The maximum atomic E-state index is 12.7. The van der Waals surface area contributed by atoms with E-state index in [0.717, 1.165) is 34.7 Å². The van der Waals surface area contributed by atoms with Gasteiger partial charge in [-0.2, -0.15) is 0 Å². The van der Waals surface area contributed by atoms with Crippen LogP contribution in [-0.2, 0) is 19.1 Å². The summed E-state index contributed by atoms with van der Waals surface area (Å²) in [6, 6.07) is 9.17. The lowest BCUT2D eigenvalue weighted by Crippen LogP contribution is -2.43. The SMILES string of the molecule is CC(C)(C)OC(=O)N1CCC(OCC#Cc2cccc3c2c2cccnc2n3C2CCC(=O)NC2=O)CC1. The number of nitrogens with one attached hydrogen (secondary N) is 1. The fraction of sp³-hybridized carbons (Fsp3) is 0.448. The normalized spacial score (nSPS) is 18.8. The third-order valence-corrected chi connectivity index (χ3v) is 6.82. The molecule has 2 aromatic heterocycles. The highest BCUT2D eigenvalue weighted by Gasteiger charge is 2.31. The lowest BCUT2D eigenvalue weighted by Gasteiger charge is -2.33. The van der Waals surface area contributed by atoms with E-state index in [4.69, 9.17) is 9.47 Å². The van der Waals surface area contributed by atoms with Crippen molar-refractivity contribution in [3.63, 3.8) is 0 Å². The Morgan fingerprint density at radius 3 is 2.66 bits per heavy atom. The van der Waals surface area contributed by atoms with E-state index in [-0.39, 0.29) is 37.0 Å². The number of carbonyl (C=O) groups is 3. The Balaban J connectivity index is 1.30. The Labute approximate surface area is 221 Å². The molecule has 1 unspecified atom stereocenters. The molecule has 4 heterocycles. The number of pyridine rings is 1. The quantitative estimate of drug-likeness (QED) is 0.418. The molecule has 0 aliphatic carbocycles. The fourth-order valence-corrected chi connectivity index (χ4v) is 5.09. The summed E-state index contributed by atoms with van der Waals surface area (Å²) in [5, 5.41) is 4.29. The molecule has 3 aromatic rings. The summed E-state index contributed by atoms with van der Waals surface area (Å²) in [7, 11) is 0. The predicted octanol–water partition coefficient (Wildman–Crippen LogP) is 3.93. The van der Waals surface area contributed by atoms with E-state index in [1.165, 1.54) is 0 Å². The van der Waals surface area contributed by atoms with Crippen LogP contribution in [0.2, 0.25) is 0 Å². The number of likely N-dealkylation sites (tertiary alicyclic amines) is 1. The molecule has 1 atom stereocenters. The smallest absolute Gasteiger partial charge is 0.410 e. The average Bonchev–Trinajstić information content (AvgIpc) is 3.21. The number of rotatable bonds is 3. The second-order valence-corrected chi connectivity index (χ2v) is 10.7. The van der Waals surface area contributed by atoms with Gasteiger partial charge < -0.3 is 18.9 Å². The summed E-state index contributed by atoms with van der Waals surface area (Å²) < 4.78 is 13.4. The molecule has 0 radical (unpaired) electrons. The number of nitrogens with zero attached hydrogens (tertiary/aromatic N) is 3. The second kappa shape index (κ2) is 10.5. The Morgan fingerprint density at radius 2 is 1.92 bits per heavy atom. The number of ether oxygens (including phenoxy) is 2. The number of amides is 3. The molecule has 0 bridgehead atoms. The number of imide groups is 1. The monoisotopic (exact) mass is 516 g/mol. The maximum Gasteiger partial charge on any atom is 0.410 e. The second-order valence-electron chi connectivity index (χ2n) is 10.7. The fourth-order valence-electron chi connectivity index (χ4n) is 5.09. The summed E-state index contributed by atoms with van der Waals surface area (Å²) in [5.74, 6) is 5.83. The van der Waals surface area contributed by atoms with Crippen LogP contribution >= 0.6 is 0 Å². The molecule has 9 nitrogen and oxygen atoms in total. The highest BCUT2D eigenvalue weighted by atomic mass is 16.6. The molecule has 2 aliphatic rings. The van der Waals surface area contributed by atoms with Gasteiger partial charge in [0.15, 0.2) is 0 Å². The summed E-state index contributed by atoms with van der Waals surface area (Å²) in [6.45, 7) is 7.06. The highest BCUT2D eigenvalue weighted by molar-refractivity contribution is 6.11. The molecular formula is C29H32N4O5. The van der Waals surface area contributed by atoms with Crippen molar-refractivity contribution in [2.24, 2.45) is 0 Å². The first-order valence-corrected chi connectivity index (χ1v) is 13.0. The zero-order valence-corrected chi connectivity index (χ0v) is 22.0. The molecule has 0 spiro atoms. The van der Waals surface area contributed by atoms with Gasteiger partial charge in [-0.05, 0) is 64.3 Å². The van der Waals surface area contributed by atoms with Gasteiger partial charge in [-0.15, -0.1) is 0 Å². The Morgan fingerprint density at radius 1 is 1.13 bits per heavy atom. The molecule has 38 heavy (non-hydrogen) atoms. The van der Waals surface area contributed by atoms with Crippen molar-refractivity contribution in [1.82, 2.24) is 19.8 Å². The molecule has 0 saturated carbocycles. The molecule has 9 heteroatoms. The lowest BCUT2D eigenvalue weighted by atomic mass is 10.1. The van der Waals surface area contributed by atoms with Crippen LogP contribution < -0.4 is 5.32 Å². The van der Waals surface area contributed by atoms with E-state index in [2.05, 4.69) is 22.1 Å². The highest BCUT2D eigenvalue weighted by Crippen LogP contribution is 2.35. The predicted molar refractivity (Wildman–Crippen MR) is 142 cm³/mol. The Kier molecular flexibility index (Phi) is 7.09. The van der Waals surface area contributed by atoms with Crippen molar-refractivity contribution >= 4 is 39.8 Å². The number of piperidine rings is 2. The van der Waals surface area contributed by atoms with Gasteiger partial charge in [-0.3, -0.25) is 14.9 Å². The van der Waals surface area contributed by atoms with Crippen molar-refractivity contribution in [3.05, 3.63) is 42.1 Å². The van der Waals surface area contributed by atoms with Gasteiger partial charge in [0.1, 0.15) is 23.9 Å². The Hall–Kier alpha value is -3.90. The minimum Gasteiger partial charge on any atom is -0.444 e. The van der Waals surface area contributed by atoms with Crippen molar-refractivity contribution in [3.8, 4) is 11.8 Å². The zero-order chi connectivity index (χ0) is 26.9. The number of aromatic nitrogens is 2. The van der Waals surface area contributed by atoms with E-state index in [1.807, 2.05) is 55.7 Å². The van der Waals surface area contributed by atoms with Crippen LogP contribution in [-0.4, -0.2) is 63.8 Å². The summed E-state index contributed by atoms with van der Waals surface area (Å²) in [6.07, 6.45) is 3.65. The van der Waals surface area contributed by atoms with Gasteiger partial charge in [-0.25, -0.2) is 9.78 Å². The van der Waals surface area contributed by atoms with E-state index in [9.17, 15) is 14.4 Å². The van der Waals surface area contributed by atoms with E-state index in [0.29, 0.717) is 25.2 Å². The van der Waals surface area contributed by atoms with E-state index < -0.39 is 11.6 Å². The summed E-state index contributed by atoms with van der Waals surface area (Å²) in [4.78, 5) is 43.0. The molecular weight excluding hydrogens is 484 g/mol. The van der Waals surface area contributed by atoms with Crippen LogP contribution in [0.15, 0.2) is 36.5 Å². The molecule has 3 amide bonds. The molecule has 2 fully saturated rings. The first-order chi connectivity index (χ1) is 18.2. The topological polar surface area (TPSA) is 103 Å². The number of hydrogen-bond donors (Lipinski definition) is 1. The van der Waals surface area contributed by atoms with Gasteiger partial charge in [-0.1, -0.05) is 17.9 Å². The molecule has 5 rings (SSSR count). The number of carbonyl (C=O) groups excluding carboxylic acids is 3. The van der Waals surface area contributed by atoms with Gasteiger partial charge in [0, 0.05) is 42.0 Å². The van der Waals surface area contributed by atoms with Crippen LogP contribution in [0, 0.1) is 11.8 Å². The number of fused-ring (bicyclic) bond motifs is 3. The van der Waals surface area contributed by atoms with Crippen LogP contribution in [0.4, 0.5) is 4.79 Å². The van der Waals surface area contributed by atoms with E-state index >= 15 is 0 Å². The first-order valence-electron chi connectivity index (χ1n) is 13.0. The number of benzene rings is 1. The largest absolute Gasteiger partial charge is 0.444 e. The van der Waals surface area contributed by atoms with Gasteiger partial charge in [0.25, 0.3) is 0 Å². The summed E-state index contributed by atoms with van der Waals surface area (Å²) >= 11 is 0. The lowest BCUT2D eigenvalue weighted by molar-refractivity contribution is -0.135. The molecule has 198 valence electrons. The van der Waals surface area contributed by atoms with Crippen molar-refractivity contribution in [1.29, 1.82) is 0 Å². The third-order valence-electron chi connectivity index (χ3n) is 6.82. The molecule has 2 aliphatic heterocycles. The molecule has 1 N–H and O–H groups in total. The van der Waals surface area contributed by atoms with Gasteiger partial charge >= 0.3 is 6.09 Å². The van der Waals surface area contributed by atoms with Crippen molar-refractivity contribution in [2.45, 2.75) is 64.2 Å². The zero-order valence-electron chi connectivity index (χ0n) is 22.0. The van der Waals surface area contributed by atoms with Crippen LogP contribution in [0.1, 0.15) is 58.1 Å². The first kappa shape index (κ1) is 25.7. The average molecular weight is 517 g/mol. The van der Waals surface area contributed by atoms with Crippen molar-refractivity contribution < 1.29 is 23.9 Å². The van der Waals surface area contributed by atoms with Crippen molar-refractivity contribution in [2.75, 3.05) is 19.7 Å². The standard InChI is InChI=1S/C29H32N4O5/c1-29(2,3)38-28(36)32-16-13-20(14-17-32)37-18-6-8-19-7-4-10-22-25(19)21-9-5-15-30-26(21)33(22)23-11-12-24(34)31-27(23)35/h4-5,7,9-10,15,20,23H,11-14,16-18H2,1-3H3,(H,31,34,35). The minimum absolute atomic E-state index is 0.0393. The number of hydrogen-bond acceptors (Lipinski definition) is 6. The van der Waals surface area contributed by atoms with E-state index in [1.54, 1.807) is 11.1 Å². The minimum atomic E-state index is -0.513. The van der Waals surface area contributed by atoms with Gasteiger partial charge in [0.05, 0.1) is 11.6 Å². The van der Waals surface area contributed by atoms with Gasteiger partial charge in [0.2, 0.25) is 11.8 Å². The molecule has 2 saturated heterocycles. The summed E-state index contributed by atoms with van der Waals surface area (Å²) in [5.41, 5.74) is 1.87. The third kappa shape index (κ3) is 5.36. The van der Waals surface area contributed by atoms with Crippen LogP contribution in [0.25, 0.3) is 21.9 Å². The van der Waals surface area contributed by atoms with Crippen LogP contribution in [0.5, 0.6) is 0 Å². The Bertz CT molecular complexity index is 1450. The molecule has 1 aromatic carbocycles. The maximum absolute atomic E-state index is 12.7.